The fourth-order valence-corrected chi connectivity index (χ4v) is 2.41. The molecule has 1 heterocycles. The van der Waals surface area contributed by atoms with Crippen LogP contribution in [0.3, 0.4) is 0 Å². The number of rotatable bonds is 6. The van der Waals surface area contributed by atoms with Gasteiger partial charge in [-0.15, -0.1) is 0 Å². The number of amides is 1. The van der Waals surface area contributed by atoms with Gasteiger partial charge in [-0.3, -0.25) is 4.79 Å². The predicted molar refractivity (Wildman–Crippen MR) is 76.0 cm³/mol. The van der Waals surface area contributed by atoms with E-state index in [2.05, 4.69) is 31.1 Å². The molecule has 0 aromatic heterocycles. The van der Waals surface area contributed by atoms with E-state index in [0.717, 1.165) is 19.4 Å². The first-order valence-electron chi connectivity index (χ1n) is 7.44. The molecule has 1 rings (SSSR count). The molecule has 0 unspecified atom stereocenters. The Morgan fingerprint density at radius 1 is 1.33 bits per heavy atom. The fourth-order valence-electron chi connectivity index (χ4n) is 2.41. The van der Waals surface area contributed by atoms with Crippen LogP contribution in [0.2, 0.25) is 0 Å². The highest BCUT2D eigenvalue weighted by molar-refractivity contribution is 5.78. The van der Waals surface area contributed by atoms with Crippen molar-refractivity contribution in [3.63, 3.8) is 0 Å². The minimum atomic E-state index is -4.27. The molecule has 7 heteroatoms. The lowest BCUT2D eigenvalue weighted by Crippen LogP contribution is -2.46. The average molecular weight is 309 g/mol. The Hall–Kier alpha value is -0.820. The summed E-state index contributed by atoms with van der Waals surface area (Å²) in [5.74, 6) is 0.319. The molecular weight excluding hydrogens is 283 g/mol. The second-order valence-corrected chi connectivity index (χ2v) is 6.08. The maximum absolute atomic E-state index is 12.0. The highest BCUT2D eigenvalue weighted by atomic mass is 19.4. The highest BCUT2D eigenvalue weighted by Gasteiger charge is 2.28. The van der Waals surface area contributed by atoms with E-state index in [0.29, 0.717) is 25.0 Å². The van der Waals surface area contributed by atoms with Crippen LogP contribution < -0.4 is 5.32 Å². The van der Waals surface area contributed by atoms with Gasteiger partial charge < -0.3 is 15.1 Å². The van der Waals surface area contributed by atoms with Crippen LogP contribution in [0.4, 0.5) is 13.2 Å². The molecule has 0 radical (unpaired) electrons. The van der Waals surface area contributed by atoms with Gasteiger partial charge in [0.05, 0.1) is 13.1 Å². The zero-order valence-electron chi connectivity index (χ0n) is 13.0. The van der Waals surface area contributed by atoms with E-state index in [1.54, 1.807) is 4.90 Å². The van der Waals surface area contributed by atoms with E-state index in [1.165, 1.54) is 0 Å². The lowest BCUT2D eigenvalue weighted by atomic mass is 9.96. The topological polar surface area (TPSA) is 35.6 Å². The number of alkyl halides is 3. The van der Waals surface area contributed by atoms with Crippen molar-refractivity contribution in [1.29, 1.82) is 0 Å². The Morgan fingerprint density at radius 3 is 2.38 bits per heavy atom. The molecule has 1 aliphatic heterocycles. The fraction of sp³-hybridized carbons (Fsp3) is 0.929. The molecule has 0 aromatic rings. The lowest BCUT2D eigenvalue weighted by Gasteiger charge is -2.35. The van der Waals surface area contributed by atoms with E-state index in [-0.39, 0.29) is 12.5 Å². The Labute approximate surface area is 124 Å². The molecule has 0 atom stereocenters. The van der Waals surface area contributed by atoms with Gasteiger partial charge in [0.1, 0.15) is 0 Å². The number of piperidine rings is 1. The quantitative estimate of drug-likeness (QED) is 0.811. The van der Waals surface area contributed by atoms with Gasteiger partial charge in [-0.1, -0.05) is 0 Å². The van der Waals surface area contributed by atoms with Crippen molar-refractivity contribution in [1.82, 2.24) is 15.1 Å². The number of hydrogen-bond acceptors (Lipinski definition) is 3. The zero-order chi connectivity index (χ0) is 16.0. The van der Waals surface area contributed by atoms with Gasteiger partial charge >= 0.3 is 6.18 Å². The number of hydrogen-bond donors (Lipinski definition) is 1. The van der Waals surface area contributed by atoms with Gasteiger partial charge in [0.15, 0.2) is 0 Å². The van der Waals surface area contributed by atoms with E-state index < -0.39 is 12.7 Å². The van der Waals surface area contributed by atoms with Crippen molar-refractivity contribution in [3.8, 4) is 0 Å². The summed E-state index contributed by atoms with van der Waals surface area (Å²) in [6.07, 6.45) is -2.43. The van der Waals surface area contributed by atoms with Crippen LogP contribution in [-0.2, 0) is 4.79 Å². The van der Waals surface area contributed by atoms with E-state index in [9.17, 15) is 18.0 Å². The van der Waals surface area contributed by atoms with Crippen molar-refractivity contribution in [2.45, 2.75) is 38.9 Å². The Morgan fingerprint density at radius 2 is 1.90 bits per heavy atom. The maximum atomic E-state index is 12.0. The number of carbonyl (C=O) groups is 1. The molecular formula is C14H26F3N3O. The van der Waals surface area contributed by atoms with Crippen molar-refractivity contribution < 1.29 is 18.0 Å². The number of likely N-dealkylation sites (tertiary alicyclic amines) is 1. The van der Waals surface area contributed by atoms with Gasteiger partial charge in [-0.25, -0.2) is 0 Å². The minimum Gasteiger partial charge on any atom is -0.342 e. The molecule has 0 bridgehead atoms. The van der Waals surface area contributed by atoms with Crippen LogP contribution >= 0.6 is 0 Å². The normalized spacial score (nSPS) is 17.8. The Kier molecular flexibility index (Phi) is 6.93. The standard InChI is InChI=1S/C14H26F3N3O/c1-11(2)19(3)9-12-4-6-20(7-5-12)13(21)8-18-10-14(15,16)17/h11-12,18H,4-10H2,1-3H3. The third-order valence-electron chi connectivity index (χ3n) is 4.00. The van der Waals surface area contributed by atoms with Gasteiger partial charge in [-0.2, -0.15) is 13.2 Å². The molecule has 1 fully saturated rings. The molecule has 124 valence electrons. The summed E-state index contributed by atoms with van der Waals surface area (Å²) in [4.78, 5) is 15.8. The van der Waals surface area contributed by atoms with Crippen LogP contribution in [0.25, 0.3) is 0 Å². The van der Waals surface area contributed by atoms with Gasteiger partial charge in [-0.05, 0) is 39.7 Å². The van der Waals surface area contributed by atoms with Gasteiger partial charge in [0, 0.05) is 25.7 Å². The molecule has 0 aromatic carbocycles. The SMILES string of the molecule is CC(C)N(C)CC1CCN(C(=O)CNCC(F)(F)F)CC1. The molecule has 1 saturated heterocycles. The summed E-state index contributed by atoms with van der Waals surface area (Å²) in [6.45, 7) is 5.22. The second-order valence-electron chi connectivity index (χ2n) is 6.08. The third kappa shape index (κ3) is 7.13. The van der Waals surface area contributed by atoms with Crippen molar-refractivity contribution in [2.75, 3.05) is 39.8 Å². The predicted octanol–water partition coefficient (Wildman–Crippen LogP) is 1.72. The first kappa shape index (κ1) is 18.2. The first-order chi connectivity index (χ1) is 9.69. The van der Waals surface area contributed by atoms with E-state index >= 15 is 0 Å². The average Bonchev–Trinajstić information content (AvgIpc) is 2.37. The first-order valence-corrected chi connectivity index (χ1v) is 7.44. The second kappa shape index (κ2) is 7.98. The third-order valence-corrected chi connectivity index (χ3v) is 4.00. The summed E-state index contributed by atoms with van der Waals surface area (Å²) in [5.41, 5.74) is 0. The number of nitrogens with zero attached hydrogens (tertiary/aromatic N) is 2. The number of nitrogens with one attached hydrogen (secondary N) is 1. The summed E-state index contributed by atoms with van der Waals surface area (Å²) in [7, 11) is 2.09. The van der Waals surface area contributed by atoms with Crippen LogP contribution in [-0.4, -0.2) is 67.7 Å². The Balaban J connectivity index is 2.24. The molecule has 4 nitrogen and oxygen atoms in total. The molecule has 1 aliphatic rings. The molecule has 0 saturated carbocycles. The zero-order valence-corrected chi connectivity index (χ0v) is 13.0. The summed E-state index contributed by atoms with van der Waals surface area (Å²) in [6, 6.07) is 0.497. The van der Waals surface area contributed by atoms with Crippen LogP contribution in [0.15, 0.2) is 0 Å². The van der Waals surface area contributed by atoms with Crippen molar-refractivity contribution >= 4 is 5.91 Å². The number of carbonyl (C=O) groups excluding carboxylic acids is 1. The molecule has 1 N–H and O–H groups in total. The number of halogens is 3. The van der Waals surface area contributed by atoms with Gasteiger partial charge in [0.2, 0.25) is 5.91 Å². The summed E-state index contributed by atoms with van der Waals surface area (Å²) < 4.78 is 36.0. The van der Waals surface area contributed by atoms with E-state index in [4.69, 9.17) is 0 Å². The summed E-state index contributed by atoms with van der Waals surface area (Å²) in [5, 5.41) is 2.16. The molecule has 0 aliphatic carbocycles. The smallest absolute Gasteiger partial charge is 0.342 e. The molecule has 0 spiro atoms. The van der Waals surface area contributed by atoms with Crippen LogP contribution in [0.5, 0.6) is 0 Å². The Bertz CT molecular complexity index is 326. The monoisotopic (exact) mass is 309 g/mol. The minimum absolute atomic E-state index is 0.240. The molecule has 21 heavy (non-hydrogen) atoms. The van der Waals surface area contributed by atoms with Gasteiger partial charge in [0.25, 0.3) is 0 Å². The van der Waals surface area contributed by atoms with Crippen molar-refractivity contribution in [2.24, 2.45) is 5.92 Å². The van der Waals surface area contributed by atoms with Crippen molar-refractivity contribution in [3.05, 3.63) is 0 Å². The molecule has 1 amide bonds. The van der Waals surface area contributed by atoms with Crippen LogP contribution in [0, 0.1) is 5.92 Å². The maximum Gasteiger partial charge on any atom is 0.401 e. The van der Waals surface area contributed by atoms with E-state index in [1.807, 2.05) is 0 Å². The summed E-state index contributed by atoms with van der Waals surface area (Å²) >= 11 is 0. The lowest BCUT2D eigenvalue weighted by molar-refractivity contribution is -0.135. The van der Waals surface area contributed by atoms with Crippen LogP contribution in [0.1, 0.15) is 26.7 Å². The highest BCUT2D eigenvalue weighted by Crippen LogP contribution is 2.19. The largest absolute Gasteiger partial charge is 0.401 e.